The van der Waals surface area contributed by atoms with E-state index >= 15 is 0 Å². The summed E-state index contributed by atoms with van der Waals surface area (Å²) in [6, 6.07) is 1.23. The molecule has 0 radical (unpaired) electrons. The minimum atomic E-state index is -3.30. The van der Waals surface area contributed by atoms with Crippen LogP contribution in [0.5, 0.6) is 0 Å². The van der Waals surface area contributed by atoms with Crippen LogP contribution in [0, 0.1) is 6.92 Å². The summed E-state index contributed by atoms with van der Waals surface area (Å²) in [6.45, 7) is 1.69. The van der Waals surface area contributed by atoms with E-state index in [2.05, 4.69) is 15.6 Å². The SMILES string of the molecule is Cc1ncccc1NC(=O)NC(CCS(C)(=O)=O)C(=O)O. The molecule has 0 bridgehead atoms. The second-order valence-electron chi connectivity index (χ2n) is 4.54. The van der Waals surface area contributed by atoms with Crippen LogP contribution in [0.1, 0.15) is 12.1 Å². The summed E-state index contributed by atoms with van der Waals surface area (Å²) in [5.74, 6) is -1.62. The van der Waals surface area contributed by atoms with Gasteiger partial charge in [0.1, 0.15) is 15.9 Å². The Morgan fingerprint density at radius 1 is 1.43 bits per heavy atom. The lowest BCUT2D eigenvalue weighted by atomic mass is 10.2. The number of carboxylic acids is 1. The van der Waals surface area contributed by atoms with E-state index in [4.69, 9.17) is 5.11 Å². The first-order valence-electron chi connectivity index (χ1n) is 6.08. The lowest BCUT2D eigenvalue weighted by Crippen LogP contribution is -2.44. The van der Waals surface area contributed by atoms with Crippen molar-refractivity contribution in [2.24, 2.45) is 0 Å². The van der Waals surface area contributed by atoms with Gasteiger partial charge in [-0.15, -0.1) is 0 Å². The summed E-state index contributed by atoms with van der Waals surface area (Å²) in [4.78, 5) is 26.7. The van der Waals surface area contributed by atoms with Gasteiger partial charge in [-0.3, -0.25) is 4.98 Å². The van der Waals surface area contributed by atoms with Crippen molar-refractivity contribution >= 4 is 27.5 Å². The van der Waals surface area contributed by atoms with Crippen LogP contribution < -0.4 is 10.6 Å². The number of rotatable bonds is 6. The summed E-state index contributed by atoms with van der Waals surface area (Å²) in [5.41, 5.74) is 1.03. The Balaban J connectivity index is 2.65. The highest BCUT2D eigenvalue weighted by Gasteiger charge is 2.21. The Morgan fingerprint density at radius 3 is 2.62 bits per heavy atom. The number of anilines is 1. The van der Waals surface area contributed by atoms with Crippen molar-refractivity contribution in [3.8, 4) is 0 Å². The molecule has 0 aromatic carbocycles. The minimum absolute atomic E-state index is 0.201. The highest BCUT2D eigenvalue weighted by Crippen LogP contribution is 2.10. The molecule has 1 unspecified atom stereocenters. The Morgan fingerprint density at radius 2 is 2.10 bits per heavy atom. The third-order valence-corrected chi connectivity index (χ3v) is 3.61. The van der Waals surface area contributed by atoms with Crippen molar-refractivity contribution in [2.45, 2.75) is 19.4 Å². The molecule has 1 heterocycles. The van der Waals surface area contributed by atoms with Crippen LogP contribution in [-0.4, -0.2) is 48.6 Å². The van der Waals surface area contributed by atoms with Gasteiger partial charge >= 0.3 is 12.0 Å². The molecule has 21 heavy (non-hydrogen) atoms. The van der Waals surface area contributed by atoms with Gasteiger partial charge in [0, 0.05) is 12.5 Å². The Hall–Kier alpha value is -2.16. The topological polar surface area (TPSA) is 125 Å². The molecule has 1 atom stereocenters. The fourth-order valence-corrected chi connectivity index (χ4v) is 2.19. The van der Waals surface area contributed by atoms with Gasteiger partial charge < -0.3 is 15.7 Å². The van der Waals surface area contributed by atoms with Crippen LogP contribution in [0.4, 0.5) is 10.5 Å². The van der Waals surface area contributed by atoms with Gasteiger partial charge in [-0.05, 0) is 25.5 Å². The van der Waals surface area contributed by atoms with E-state index in [1.54, 1.807) is 25.3 Å². The zero-order valence-electron chi connectivity index (χ0n) is 11.7. The van der Waals surface area contributed by atoms with Crippen LogP contribution >= 0.6 is 0 Å². The van der Waals surface area contributed by atoms with E-state index in [-0.39, 0.29) is 12.2 Å². The first kappa shape index (κ1) is 16.9. The molecule has 1 aromatic rings. The third kappa shape index (κ3) is 6.21. The predicted molar refractivity (Wildman–Crippen MR) is 76.9 cm³/mol. The molecular formula is C12H17N3O5S. The average Bonchev–Trinajstić information content (AvgIpc) is 2.36. The van der Waals surface area contributed by atoms with Crippen molar-refractivity contribution in [3.63, 3.8) is 0 Å². The molecule has 1 rings (SSSR count). The largest absolute Gasteiger partial charge is 0.480 e. The molecule has 0 aliphatic rings. The number of hydrogen-bond donors (Lipinski definition) is 3. The minimum Gasteiger partial charge on any atom is -0.480 e. The molecule has 8 nitrogen and oxygen atoms in total. The van der Waals surface area contributed by atoms with Gasteiger partial charge in [0.15, 0.2) is 0 Å². The maximum atomic E-state index is 11.7. The smallest absolute Gasteiger partial charge is 0.326 e. The molecular weight excluding hydrogens is 298 g/mol. The van der Waals surface area contributed by atoms with Crippen LogP contribution in [0.15, 0.2) is 18.3 Å². The molecule has 0 aliphatic heterocycles. The number of carbonyl (C=O) groups excluding carboxylic acids is 1. The fraction of sp³-hybridized carbons (Fsp3) is 0.417. The van der Waals surface area contributed by atoms with Gasteiger partial charge in [-0.25, -0.2) is 18.0 Å². The second-order valence-corrected chi connectivity index (χ2v) is 6.80. The molecule has 0 saturated carbocycles. The van der Waals surface area contributed by atoms with E-state index in [1.807, 2.05) is 0 Å². The fourth-order valence-electron chi connectivity index (χ4n) is 1.52. The molecule has 0 aliphatic carbocycles. The molecule has 3 N–H and O–H groups in total. The number of nitrogens with zero attached hydrogens (tertiary/aromatic N) is 1. The van der Waals surface area contributed by atoms with Crippen LogP contribution in [-0.2, 0) is 14.6 Å². The number of sulfone groups is 1. The Labute approximate surface area is 122 Å². The third-order valence-electron chi connectivity index (χ3n) is 2.64. The highest BCUT2D eigenvalue weighted by molar-refractivity contribution is 7.90. The van der Waals surface area contributed by atoms with E-state index in [0.717, 1.165) is 6.26 Å². The van der Waals surface area contributed by atoms with Crippen molar-refractivity contribution in [1.29, 1.82) is 0 Å². The van der Waals surface area contributed by atoms with Crippen LogP contribution in [0.3, 0.4) is 0 Å². The van der Waals surface area contributed by atoms with Crippen LogP contribution in [0.25, 0.3) is 0 Å². The quantitative estimate of drug-likeness (QED) is 0.697. The first-order valence-corrected chi connectivity index (χ1v) is 8.15. The number of hydrogen-bond acceptors (Lipinski definition) is 5. The molecule has 9 heteroatoms. The average molecular weight is 315 g/mol. The summed E-state index contributed by atoms with van der Waals surface area (Å²) in [7, 11) is -3.30. The number of pyridine rings is 1. The number of aryl methyl sites for hydroxylation is 1. The van der Waals surface area contributed by atoms with Gasteiger partial charge in [0.25, 0.3) is 0 Å². The Bertz CT molecular complexity index is 630. The van der Waals surface area contributed by atoms with E-state index in [9.17, 15) is 18.0 Å². The first-order chi connectivity index (χ1) is 9.69. The number of amides is 2. The second kappa shape index (κ2) is 7.02. The maximum Gasteiger partial charge on any atom is 0.326 e. The van der Waals surface area contributed by atoms with Gasteiger partial charge in [-0.2, -0.15) is 0 Å². The molecule has 0 fully saturated rings. The van der Waals surface area contributed by atoms with Crippen molar-refractivity contribution < 1.29 is 23.1 Å². The van der Waals surface area contributed by atoms with E-state index in [1.165, 1.54) is 0 Å². The molecule has 0 spiro atoms. The number of nitrogens with one attached hydrogen (secondary N) is 2. The molecule has 1 aromatic heterocycles. The summed E-state index contributed by atoms with van der Waals surface area (Å²) in [6.07, 6.45) is 2.36. The standard InChI is InChI=1S/C12H17N3O5S/c1-8-9(4-3-6-13-8)14-12(18)15-10(11(16)17)5-7-21(2,19)20/h3-4,6,10H,5,7H2,1-2H3,(H,16,17)(H2,14,15,18). The van der Waals surface area contributed by atoms with E-state index in [0.29, 0.717) is 11.4 Å². The van der Waals surface area contributed by atoms with Gasteiger partial charge in [-0.1, -0.05) is 0 Å². The summed E-state index contributed by atoms with van der Waals surface area (Å²) in [5, 5.41) is 13.7. The maximum absolute atomic E-state index is 11.7. The van der Waals surface area contributed by atoms with E-state index < -0.39 is 27.9 Å². The Kier molecular flexibility index (Phi) is 5.65. The summed E-state index contributed by atoms with van der Waals surface area (Å²) < 4.78 is 22.1. The van der Waals surface area contributed by atoms with Crippen molar-refractivity contribution in [3.05, 3.63) is 24.0 Å². The zero-order valence-corrected chi connectivity index (χ0v) is 12.5. The number of aliphatic carboxylic acids is 1. The number of carboxylic acid groups (broad SMARTS) is 1. The lowest BCUT2D eigenvalue weighted by molar-refractivity contribution is -0.139. The normalized spacial score (nSPS) is 12.5. The van der Waals surface area contributed by atoms with Gasteiger partial charge in [0.05, 0.1) is 17.1 Å². The van der Waals surface area contributed by atoms with Crippen molar-refractivity contribution in [2.75, 3.05) is 17.3 Å². The van der Waals surface area contributed by atoms with Crippen molar-refractivity contribution in [1.82, 2.24) is 10.3 Å². The predicted octanol–water partition coefficient (Wildman–Crippen LogP) is 0.399. The monoisotopic (exact) mass is 315 g/mol. The molecule has 0 saturated heterocycles. The zero-order chi connectivity index (χ0) is 16.0. The van der Waals surface area contributed by atoms with Gasteiger partial charge in [0.2, 0.25) is 0 Å². The molecule has 2 amide bonds. The lowest BCUT2D eigenvalue weighted by Gasteiger charge is -2.15. The number of urea groups is 1. The number of carbonyl (C=O) groups is 2. The number of aromatic nitrogens is 1. The highest BCUT2D eigenvalue weighted by atomic mass is 32.2. The summed E-state index contributed by atoms with van der Waals surface area (Å²) >= 11 is 0. The molecule has 116 valence electrons. The van der Waals surface area contributed by atoms with Crippen LogP contribution in [0.2, 0.25) is 0 Å².